The van der Waals surface area contributed by atoms with E-state index in [0.717, 1.165) is 0 Å². The second-order valence-corrected chi connectivity index (χ2v) is 5.13. The predicted octanol–water partition coefficient (Wildman–Crippen LogP) is 2.25. The van der Waals surface area contributed by atoms with Crippen molar-refractivity contribution in [2.75, 3.05) is 6.16 Å². The Morgan fingerprint density at radius 3 is 2.18 bits per heavy atom. The van der Waals surface area contributed by atoms with Crippen molar-refractivity contribution in [3.8, 4) is 0 Å². The van der Waals surface area contributed by atoms with Crippen LogP contribution in [0.2, 0.25) is 0 Å². The number of rotatable bonds is 4. The summed E-state index contributed by atoms with van der Waals surface area (Å²) in [6, 6.07) is 0. The first-order chi connectivity index (χ1) is 4.89. The summed E-state index contributed by atoms with van der Waals surface area (Å²) in [7, 11) is -3.28. The second kappa shape index (κ2) is 4.24. The van der Waals surface area contributed by atoms with Gasteiger partial charge in [0.25, 0.3) is 0 Å². The molecular weight excluding hydrogens is 163 g/mol. The third-order valence-corrected chi connectivity index (χ3v) is 3.13. The fraction of sp³-hybridized carbons (Fsp3) is 1.00. The van der Waals surface area contributed by atoms with Crippen molar-refractivity contribution >= 4 is 7.60 Å². The zero-order valence-corrected chi connectivity index (χ0v) is 8.47. The van der Waals surface area contributed by atoms with Crippen LogP contribution in [0, 0.1) is 5.92 Å². The molecule has 0 aliphatic heterocycles. The van der Waals surface area contributed by atoms with Crippen molar-refractivity contribution in [1.82, 2.24) is 0 Å². The van der Waals surface area contributed by atoms with Gasteiger partial charge < -0.3 is 9.42 Å². The molecule has 11 heavy (non-hydrogen) atoms. The predicted molar refractivity (Wildman–Crippen MR) is 45.8 cm³/mol. The van der Waals surface area contributed by atoms with Crippen molar-refractivity contribution < 1.29 is 14.0 Å². The Labute approximate surface area is 68.3 Å². The van der Waals surface area contributed by atoms with Crippen molar-refractivity contribution in [2.45, 2.75) is 33.8 Å². The lowest BCUT2D eigenvalue weighted by Crippen LogP contribution is -2.14. The highest BCUT2D eigenvalue weighted by Gasteiger charge is 2.21. The second-order valence-electron chi connectivity index (χ2n) is 3.01. The summed E-state index contributed by atoms with van der Waals surface area (Å²) in [6.07, 6.45) is 0.0372. The third-order valence-electron chi connectivity index (χ3n) is 1.67. The van der Waals surface area contributed by atoms with Gasteiger partial charge in [0.2, 0.25) is 0 Å². The SMILES string of the molecule is CCP(=O)(O)OC(C)C(C)C. The van der Waals surface area contributed by atoms with E-state index in [9.17, 15) is 4.57 Å². The van der Waals surface area contributed by atoms with Crippen LogP contribution in [-0.4, -0.2) is 17.2 Å². The van der Waals surface area contributed by atoms with Gasteiger partial charge >= 0.3 is 7.60 Å². The Hall–Kier alpha value is 0.150. The first-order valence-corrected chi connectivity index (χ1v) is 5.65. The summed E-state index contributed by atoms with van der Waals surface area (Å²) in [5.41, 5.74) is 0. The lowest BCUT2D eigenvalue weighted by Gasteiger charge is -2.19. The summed E-state index contributed by atoms with van der Waals surface area (Å²) in [5.74, 6) is 0.280. The van der Waals surface area contributed by atoms with E-state index in [-0.39, 0.29) is 18.2 Å². The van der Waals surface area contributed by atoms with E-state index in [1.807, 2.05) is 20.8 Å². The summed E-state index contributed by atoms with van der Waals surface area (Å²) in [6.45, 7) is 7.37. The molecule has 2 atom stereocenters. The molecule has 0 aromatic heterocycles. The summed E-state index contributed by atoms with van der Waals surface area (Å²) in [5, 5.41) is 0. The average Bonchev–Trinajstić information content (AvgIpc) is 1.87. The molecule has 0 saturated carbocycles. The van der Waals surface area contributed by atoms with Crippen LogP contribution in [0.15, 0.2) is 0 Å². The lowest BCUT2D eigenvalue weighted by atomic mass is 10.1. The highest BCUT2D eigenvalue weighted by atomic mass is 31.2. The molecule has 0 saturated heterocycles. The van der Waals surface area contributed by atoms with Gasteiger partial charge in [-0.1, -0.05) is 20.8 Å². The first kappa shape index (κ1) is 11.2. The molecule has 68 valence electrons. The topological polar surface area (TPSA) is 46.5 Å². The molecule has 0 heterocycles. The van der Waals surface area contributed by atoms with Crippen LogP contribution in [0.3, 0.4) is 0 Å². The highest BCUT2D eigenvalue weighted by molar-refractivity contribution is 7.52. The van der Waals surface area contributed by atoms with Crippen LogP contribution < -0.4 is 0 Å². The molecule has 0 aliphatic carbocycles. The Bertz CT molecular complexity index is 156. The van der Waals surface area contributed by atoms with Crippen molar-refractivity contribution in [3.63, 3.8) is 0 Å². The average molecular weight is 180 g/mol. The molecule has 0 fully saturated rings. The van der Waals surface area contributed by atoms with E-state index in [1.165, 1.54) is 0 Å². The van der Waals surface area contributed by atoms with Crippen LogP contribution in [0.25, 0.3) is 0 Å². The van der Waals surface area contributed by atoms with Gasteiger partial charge in [0, 0.05) is 6.16 Å². The molecule has 3 nitrogen and oxygen atoms in total. The minimum Gasteiger partial charge on any atom is -0.324 e. The molecule has 0 aromatic rings. The fourth-order valence-electron chi connectivity index (χ4n) is 0.456. The minimum atomic E-state index is -3.28. The molecule has 0 amide bonds. The van der Waals surface area contributed by atoms with Crippen molar-refractivity contribution in [1.29, 1.82) is 0 Å². The lowest BCUT2D eigenvalue weighted by molar-refractivity contribution is 0.148. The van der Waals surface area contributed by atoms with Gasteiger partial charge in [-0.3, -0.25) is 4.57 Å². The van der Waals surface area contributed by atoms with E-state index in [2.05, 4.69) is 0 Å². The summed E-state index contributed by atoms with van der Waals surface area (Å²) < 4.78 is 16.0. The van der Waals surface area contributed by atoms with Gasteiger partial charge in [-0.05, 0) is 12.8 Å². The Balaban J connectivity index is 3.94. The normalized spacial score (nSPS) is 19.8. The quantitative estimate of drug-likeness (QED) is 0.675. The Morgan fingerprint density at radius 2 is 1.91 bits per heavy atom. The highest BCUT2D eigenvalue weighted by Crippen LogP contribution is 2.43. The van der Waals surface area contributed by atoms with E-state index in [1.54, 1.807) is 6.92 Å². The molecule has 4 heteroatoms. The molecular formula is C7H17O3P. The summed E-state index contributed by atoms with van der Waals surface area (Å²) >= 11 is 0. The van der Waals surface area contributed by atoms with E-state index in [0.29, 0.717) is 0 Å². The van der Waals surface area contributed by atoms with Gasteiger partial charge in [-0.15, -0.1) is 0 Å². The van der Waals surface area contributed by atoms with E-state index < -0.39 is 7.60 Å². The van der Waals surface area contributed by atoms with Crippen LogP contribution in [0.1, 0.15) is 27.7 Å². The molecule has 0 aliphatic rings. The fourth-order valence-corrected chi connectivity index (χ4v) is 1.37. The molecule has 1 N–H and O–H groups in total. The van der Waals surface area contributed by atoms with Crippen LogP contribution in [-0.2, 0) is 9.09 Å². The largest absolute Gasteiger partial charge is 0.328 e. The monoisotopic (exact) mass is 180 g/mol. The van der Waals surface area contributed by atoms with Gasteiger partial charge in [0.1, 0.15) is 0 Å². The third kappa shape index (κ3) is 4.57. The molecule has 2 unspecified atom stereocenters. The summed E-state index contributed by atoms with van der Waals surface area (Å²) in [4.78, 5) is 9.08. The maximum Gasteiger partial charge on any atom is 0.328 e. The smallest absolute Gasteiger partial charge is 0.324 e. The number of hydrogen-bond acceptors (Lipinski definition) is 2. The van der Waals surface area contributed by atoms with Crippen molar-refractivity contribution in [2.24, 2.45) is 5.92 Å². The molecule has 0 rings (SSSR count). The molecule has 0 bridgehead atoms. The maximum atomic E-state index is 11.0. The Morgan fingerprint density at radius 1 is 1.45 bits per heavy atom. The van der Waals surface area contributed by atoms with Gasteiger partial charge in [-0.25, -0.2) is 0 Å². The van der Waals surface area contributed by atoms with Crippen molar-refractivity contribution in [3.05, 3.63) is 0 Å². The first-order valence-electron chi connectivity index (χ1n) is 3.89. The van der Waals surface area contributed by atoms with Gasteiger partial charge in [-0.2, -0.15) is 0 Å². The number of hydrogen-bond donors (Lipinski definition) is 1. The van der Waals surface area contributed by atoms with Crippen LogP contribution in [0.4, 0.5) is 0 Å². The van der Waals surface area contributed by atoms with Crippen LogP contribution in [0.5, 0.6) is 0 Å². The van der Waals surface area contributed by atoms with Crippen LogP contribution >= 0.6 is 7.60 Å². The maximum absolute atomic E-state index is 11.0. The van der Waals surface area contributed by atoms with E-state index >= 15 is 0 Å². The van der Waals surface area contributed by atoms with Gasteiger partial charge in [0.05, 0.1) is 6.10 Å². The zero-order chi connectivity index (χ0) is 9.07. The zero-order valence-electron chi connectivity index (χ0n) is 7.57. The molecule has 0 aromatic carbocycles. The molecule has 0 spiro atoms. The Kier molecular flexibility index (Phi) is 4.30. The van der Waals surface area contributed by atoms with E-state index in [4.69, 9.17) is 9.42 Å². The standard InChI is InChI=1S/C7H17O3P/c1-5-11(8,9)10-7(4)6(2)3/h6-7H,5H2,1-4H3,(H,8,9). The minimum absolute atomic E-state index is 0.147. The van der Waals surface area contributed by atoms with Gasteiger partial charge in [0.15, 0.2) is 0 Å². The molecule has 0 radical (unpaired) electrons.